The largest absolute Gasteiger partial charge is 0.377 e. The Balaban J connectivity index is 1.71. The smallest absolute Gasteiger partial charge is 0.104 e. The first-order valence-electron chi connectivity index (χ1n) is 7.57. The lowest BCUT2D eigenvalue weighted by molar-refractivity contribution is -0.00461. The van der Waals surface area contributed by atoms with E-state index in [1.807, 2.05) is 6.92 Å². The Kier molecular flexibility index (Phi) is 5.39. The van der Waals surface area contributed by atoms with Crippen molar-refractivity contribution in [2.75, 3.05) is 33.9 Å². The first-order chi connectivity index (χ1) is 9.60. The highest BCUT2D eigenvalue weighted by molar-refractivity contribution is 5.07. The number of methoxy groups -OCH3 is 2. The minimum absolute atomic E-state index is 0.173. The summed E-state index contributed by atoms with van der Waals surface area (Å²) in [6.07, 6.45) is 4.70. The quantitative estimate of drug-likeness (QED) is 0.723. The van der Waals surface area contributed by atoms with Crippen LogP contribution in [-0.2, 0) is 9.47 Å². The summed E-state index contributed by atoms with van der Waals surface area (Å²) in [7, 11) is 3.49. The monoisotopic (exact) mass is 281 g/mol. The molecule has 2 fully saturated rings. The molecule has 0 amide bonds. The van der Waals surface area contributed by atoms with Crippen molar-refractivity contribution < 1.29 is 9.47 Å². The zero-order valence-electron chi connectivity index (χ0n) is 12.9. The molecule has 0 bridgehead atoms. The number of hydrogen-bond acceptors (Lipinski definition) is 5. The maximum absolute atomic E-state index is 9.35. The number of nitrogens with one attached hydrogen (secondary N) is 1. The lowest BCUT2D eigenvalue weighted by atomic mass is 9.97. The molecule has 2 rings (SSSR count). The minimum atomic E-state index is -0.373. The van der Waals surface area contributed by atoms with Gasteiger partial charge in [0, 0.05) is 33.4 Å². The lowest BCUT2D eigenvalue weighted by Crippen LogP contribution is -2.42. The van der Waals surface area contributed by atoms with Crippen LogP contribution in [0.5, 0.6) is 0 Å². The van der Waals surface area contributed by atoms with Gasteiger partial charge in [-0.25, -0.2) is 0 Å². The van der Waals surface area contributed by atoms with E-state index < -0.39 is 0 Å². The van der Waals surface area contributed by atoms with Crippen LogP contribution in [-0.4, -0.2) is 62.5 Å². The molecule has 5 nitrogen and oxygen atoms in total. The van der Waals surface area contributed by atoms with Gasteiger partial charge in [0.05, 0.1) is 18.3 Å². The van der Waals surface area contributed by atoms with Gasteiger partial charge in [-0.15, -0.1) is 0 Å². The van der Waals surface area contributed by atoms with Gasteiger partial charge in [-0.3, -0.25) is 10.2 Å². The molecular weight excluding hydrogens is 254 g/mol. The highest BCUT2D eigenvalue weighted by Crippen LogP contribution is 2.25. The third kappa shape index (κ3) is 4.16. The molecule has 114 valence electrons. The third-order valence-corrected chi connectivity index (χ3v) is 4.39. The Labute approximate surface area is 122 Å². The van der Waals surface area contributed by atoms with Crippen LogP contribution < -0.4 is 5.32 Å². The molecule has 1 saturated carbocycles. The summed E-state index contributed by atoms with van der Waals surface area (Å²) in [6, 6.07) is 3.01. The molecule has 1 saturated heterocycles. The molecule has 1 aliphatic heterocycles. The molecule has 0 aromatic carbocycles. The molecule has 0 spiro atoms. The molecule has 1 aliphatic carbocycles. The second kappa shape index (κ2) is 6.86. The van der Waals surface area contributed by atoms with Gasteiger partial charge >= 0.3 is 0 Å². The first-order valence-corrected chi connectivity index (χ1v) is 7.57. The summed E-state index contributed by atoms with van der Waals surface area (Å²) in [6.45, 7) is 4.87. The van der Waals surface area contributed by atoms with Gasteiger partial charge in [0.2, 0.25) is 0 Å². The van der Waals surface area contributed by atoms with E-state index in [1.54, 1.807) is 14.2 Å². The highest BCUT2D eigenvalue weighted by atomic mass is 16.5. The number of nitriles is 1. The van der Waals surface area contributed by atoms with E-state index in [2.05, 4.69) is 16.3 Å². The van der Waals surface area contributed by atoms with Crippen molar-refractivity contribution in [2.24, 2.45) is 0 Å². The summed E-state index contributed by atoms with van der Waals surface area (Å²) in [5.74, 6) is 0. The Morgan fingerprint density at radius 1 is 1.25 bits per heavy atom. The van der Waals surface area contributed by atoms with Crippen LogP contribution >= 0.6 is 0 Å². The van der Waals surface area contributed by atoms with Gasteiger partial charge in [0.15, 0.2) is 0 Å². The van der Waals surface area contributed by atoms with E-state index in [1.165, 1.54) is 12.8 Å². The maximum atomic E-state index is 9.35. The summed E-state index contributed by atoms with van der Waals surface area (Å²) >= 11 is 0. The van der Waals surface area contributed by atoms with Crippen LogP contribution in [0.4, 0.5) is 0 Å². The van der Waals surface area contributed by atoms with Gasteiger partial charge in [-0.1, -0.05) is 0 Å². The fourth-order valence-electron chi connectivity index (χ4n) is 2.95. The molecule has 3 atom stereocenters. The zero-order valence-corrected chi connectivity index (χ0v) is 12.9. The van der Waals surface area contributed by atoms with Crippen LogP contribution in [0.3, 0.4) is 0 Å². The summed E-state index contributed by atoms with van der Waals surface area (Å²) in [5, 5.41) is 12.8. The predicted molar refractivity (Wildman–Crippen MR) is 77.4 cm³/mol. The van der Waals surface area contributed by atoms with Crippen LogP contribution in [0.1, 0.15) is 32.6 Å². The van der Waals surface area contributed by atoms with Crippen LogP contribution in [0.25, 0.3) is 0 Å². The number of likely N-dealkylation sites (tertiary alicyclic amines) is 1. The maximum Gasteiger partial charge on any atom is 0.104 e. The molecule has 0 aromatic rings. The number of hydrogen-bond donors (Lipinski definition) is 1. The Morgan fingerprint density at radius 3 is 2.30 bits per heavy atom. The van der Waals surface area contributed by atoms with Gasteiger partial charge in [-0.2, -0.15) is 5.26 Å². The second-order valence-corrected chi connectivity index (χ2v) is 6.27. The summed E-state index contributed by atoms with van der Waals surface area (Å²) in [4.78, 5) is 2.37. The Hall–Kier alpha value is -0.670. The van der Waals surface area contributed by atoms with Crippen molar-refractivity contribution in [3.8, 4) is 6.07 Å². The van der Waals surface area contributed by atoms with Crippen molar-refractivity contribution >= 4 is 0 Å². The minimum Gasteiger partial charge on any atom is -0.377 e. The molecule has 1 heterocycles. The third-order valence-electron chi connectivity index (χ3n) is 4.39. The average molecular weight is 281 g/mol. The second-order valence-electron chi connectivity index (χ2n) is 6.27. The van der Waals surface area contributed by atoms with Crippen LogP contribution in [0, 0.1) is 11.3 Å². The van der Waals surface area contributed by atoms with E-state index in [0.29, 0.717) is 6.04 Å². The molecule has 5 heteroatoms. The van der Waals surface area contributed by atoms with Crippen LogP contribution in [0.2, 0.25) is 0 Å². The molecular formula is C15H27N3O2. The number of ether oxygens (including phenoxy) is 2. The summed E-state index contributed by atoms with van der Waals surface area (Å²) in [5.41, 5.74) is -0.373. The molecule has 3 unspecified atom stereocenters. The van der Waals surface area contributed by atoms with Crippen molar-refractivity contribution in [3.63, 3.8) is 0 Å². The highest BCUT2D eigenvalue weighted by Gasteiger charge is 2.34. The number of rotatable bonds is 8. The van der Waals surface area contributed by atoms with Crippen molar-refractivity contribution in [2.45, 2.75) is 56.4 Å². The van der Waals surface area contributed by atoms with E-state index in [0.717, 1.165) is 32.5 Å². The van der Waals surface area contributed by atoms with Crippen molar-refractivity contribution in [1.82, 2.24) is 10.2 Å². The molecule has 20 heavy (non-hydrogen) atoms. The van der Waals surface area contributed by atoms with Gasteiger partial charge in [-0.05, 0) is 39.2 Å². The SMILES string of the molecule is COC1CN(CCCC(C)(C#N)NC2CC2)CC1OC. The molecule has 0 aromatic heterocycles. The van der Waals surface area contributed by atoms with Gasteiger partial charge < -0.3 is 9.47 Å². The normalized spacial score (nSPS) is 30.1. The van der Waals surface area contributed by atoms with Crippen molar-refractivity contribution in [1.29, 1.82) is 5.26 Å². The van der Waals surface area contributed by atoms with Gasteiger partial charge in [0.1, 0.15) is 5.54 Å². The predicted octanol–water partition coefficient (Wildman–Crippen LogP) is 1.15. The van der Waals surface area contributed by atoms with Gasteiger partial charge in [0.25, 0.3) is 0 Å². The van der Waals surface area contributed by atoms with E-state index in [-0.39, 0.29) is 17.7 Å². The summed E-state index contributed by atoms with van der Waals surface area (Å²) < 4.78 is 10.9. The van der Waals surface area contributed by atoms with E-state index >= 15 is 0 Å². The fraction of sp³-hybridized carbons (Fsp3) is 0.933. The average Bonchev–Trinajstić information content (AvgIpc) is 3.16. The fourth-order valence-corrected chi connectivity index (χ4v) is 2.95. The molecule has 1 N–H and O–H groups in total. The molecule has 2 aliphatic rings. The van der Waals surface area contributed by atoms with Crippen LogP contribution in [0.15, 0.2) is 0 Å². The topological polar surface area (TPSA) is 57.5 Å². The standard InChI is InChI=1S/C15H27N3O2/c1-15(11-16,17-12-5-6-12)7-4-8-18-9-13(19-2)14(10-18)20-3/h12-14,17H,4-10H2,1-3H3. The van der Waals surface area contributed by atoms with E-state index in [9.17, 15) is 5.26 Å². The van der Waals surface area contributed by atoms with E-state index in [4.69, 9.17) is 9.47 Å². The zero-order chi connectivity index (χ0) is 14.6. The lowest BCUT2D eigenvalue weighted by Gasteiger charge is -2.24. The number of nitrogens with zero attached hydrogens (tertiary/aromatic N) is 2. The first kappa shape index (κ1) is 15.7. The Morgan fingerprint density at radius 2 is 1.85 bits per heavy atom. The van der Waals surface area contributed by atoms with Crippen molar-refractivity contribution in [3.05, 3.63) is 0 Å². The Bertz CT molecular complexity index is 342. The molecule has 0 radical (unpaired) electrons.